The summed E-state index contributed by atoms with van der Waals surface area (Å²) in [6, 6.07) is 0.690. The van der Waals surface area contributed by atoms with Gasteiger partial charge in [-0.05, 0) is 12.8 Å². The van der Waals surface area contributed by atoms with Gasteiger partial charge in [-0.3, -0.25) is 0 Å². The number of nitrogens with one attached hydrogen (secondary N) is 1. The highest BCUT2D eigenvalue weighted by atomic mass is 15.0. The molecule has 1 aliphatic heterocycles. The molecule has 0 amide bonds. The van der Waals surface area contributed by atoms with Crippen LogP contribution in [-0.2, 0) is 0 Å². The molecule has 1 rings (SSSR count). The van der Waals surface area contributed by atoms with E-state index in [-0.39, 0.29) is 0 Å². The van der Waals surface area contributed by atoms with E-state index < -0.39 is 0 Å². The van der Waals surface area contributed by atoms with Crippen LogP contribution in [0.25, 0.3) is 0 Å². The molecule has 0 spiro atoms. The van der Waals surface area contributed by atoms with Gasteiger partial charge < -0.3 is 5.32 Å². The zero-order valence-corrected chi connectivity index (χ0v) is 6.34. The normalized spacial score (nSPS) is 20.8. The Morgan fingerprint density at radius 2 is 2.20 bits per heavy atom. The molecule has 1 heterocycles. The van der Waals surface area contributed by atoms with Gasteiger partial charge in [-0.1, -0.05) is 6.08 Å². The minimum atomic E-state index is 0.690. The topological polar surface area (TPSA) is 26.1 Å². The Bertz CT molecular complexity index is 95.4. The lowest BCUT2D eigenvalue weighted by Crippen LogP contribution is -2.37. The number of hydrogen-bond acceptors (Lipinski definition) is 1. The van der Waals surface area contributed by atoms with Crippen molar-refractivity contribution >= 4 is 0 Å². The fraction of sp³-hybridized carbons (Fsp3) is 0.750. The second kappa shape index (κ2) is 4.47. The lowest BCUT2D eigenvalue weighted by molar-refractivity contribution is 0.395. The molecule has 57 valence electrons. The van der Waals surface area contributed by atoms with E-state index >= 15 is 0 Å². The first-order valence-corrected chi connectivity index (χ1v) is 3.91. The highest BCUT2D eigenvalue weighted by Crippen LogP contribution is 2.01. The van der Waals surface area contributed by atoms with E-state index in [1.807, 2.05) is 6.08 Å². The van der Waals surface area contributed by atoms with Crippen molar-refractivity contribution in [3.05, 3.63) is 12.7 Å². The van der Waals surface area contributed by atoms with Crippen molar-refractivity contribution in [3.8, 4) is 0 Å². The monoisotopic (exact) mass is 139 g/mol. The van der Waals surface area contributed by atoms with Crippen LogP contribution in [0.15, 0.2) is 12.7 Å². The van der Waals surface area contributed by atoms with Crippen molar-refractivity contribution in [1.29, 1.82) is 0 Å². The van der Waals surface area contributed by atoms with Crippen LogP contribution >= 0.6 is 0 Å². The summed E-state index contributed by atoms with van der Waals surface area (Å²) in [6.45, 7) is 6.67. The van der Waals surface area contributed by atoms with Crippen LogP contribution in [0.5, 0.6) is 0 Å². The molecule has 2 nitrogen and oxygen atoms in total. The van der Waals surface area contributed by atoms with Gasteiger partial charge in [0, 0.05) is 25.7 Å². The summed E-state index contributed by atoms with van der Waals surface area (Å²) in [6.07, 6.45) is 4.31. The highest BCUT2D eigenvalue weighted by molar-refractivity contribution is 4.78. The Morgan fingerprint density at radius 1 is 1.50 bits per heavy atom. The molecule has 10 heavy (non-hydrogen) atoms. The standard InChI is InChI=1S/C8H15N2/c1-2-5-10-8-3-6-9-7-4-8/h2,8,10H,1,3-7H2. The SMILES string of the molecule is C=CCNC1CC[N]CC1. The van der Waals surface area contributed by atoms with E-state index in [4.69, 9.17) is 0 Å². The van der Waals surface area contributed by atoms with Crippen molar-refractivity contribution in [3.63, 3.8) is 0 Å². The molecule has 0 atom stereocenters. The van der Waals surface area contributed by atoms with Gasteiger partial charge in [-0.2, -0.15) is 0 Å². The maximum Gasteiger partial charge on any atom is 0.0148 e. The lowest BCUT2D eigenvalue weighted by atomic mass is 10.1. The third kappa shape index (κ3) is 2.50. The van der Waals surface area contributed by atoms with Crippen LogP contribution in [0.3, 0.4) is 0 Å². The molecule has 0 aromatic heterocycles. The molecular formula is C8H15N2. The van der Waals surface area contributed by atoms with Gasteiger partial charge >= 0.3 is 0 Å². The van der Waals surface area contributed by atoms with Crippen LogP contribution in [0.4, 0.5) is 0 Å². The number of rotatable bonds is 3. The summed E-state index contributed by atoms with van der Waals surface area (Å²) < 4.78 is 0. The van der Waals surface area contributed by atoms with Crippen molar-refractivity contribution in [1.82, 2.24) is 10.6 Å². The summed E-state index contributed by atoms with van der Waals surface area (Å²) in [5.41, 5.74) is 0. The molecule has 0 bridgehead atoms. The van der Waals surface area contributed by atoms with Gasteiger partial charge in [0.1, 0.15) is 0 Å². The zero-order chi connectivity index (χ0) is 7.23. The van der Waals surface area contributed by atoms with Gasteiger partial charge in [-0.15, -0.1) is 6.58 Å². The smallest absolute Gasteiger partial charge is 0.0148 e. The van der Waals surface area contributed by atoms with Gasteiger partial charge in [-0.25, -0.2) is 5.32 Å². The average Bonchev–Trinajstić information content (AvgIpc) is 2.03. The second-order valence-corrected chi connectivity index (χ2v) is 2.64. The highest BCUT2D eigenvalue weighted by Gasteiger charge is 2.10. The van der Waals surface area contributed by atoms with Crippen molar-refractivity contribution < 1.29 is 0 Å². The first-order chi connectivity index (χ1) is 4.93. The molecule has 0 aliphatic carbocycles. The molecule has 1 radical (unpaired) electrons. The van der Waals surface area contributed by atoms with Crippen LogP contribution in [-0.4, -0.2) is 25.7 Å². The Hall–Kier alpha value is -0.340. The Kier molecular flexibility index (Phi) is 3.47. The Morgan fingerprint density at radius 3 is 2.80 bits per heavy atom. The molecule has 0 aromatic carbocycles. The van der Waals surface area contributed by atoms with Gasteiger partial charge in [0.25, 0.3) is 0 Å². The molecule has 0 saturated carbocycles. The Balaban J connectivity index is 2.07. The average molecular weight is 139 g/mol. The first-order valence-electron chi connectivity index (χ1n) is 3.91. The summed E-state index contributed by atoms with van der Waals surface area (Å²) >= 11 is 0. The number of piperidine rings is 1. The number of hydrogen-bond donors (Lipinski definition) is 1. The van der Waals surface area contributed by atoms with E-state index in [2.05, 4.69) is 17.2 Å². The zero-order valence-electron chi connectivity index (χ0n) is 6.34. The summed E-state index contributed by atoms with van der Waals surface area (Å²) in [5.74, 6) is 0. The predicted molar refractivity (Wildman–Crippen MR) is 43.1 cm³/mol. The molecule has 1 aliphatic rings. The molecular weight excluding hydrogens is 124 g/mol. The minimum absolute atomic E-state index is 0.690. The van der Waals surface area contributed by atoms with E-state index in [1.54, 1.807) is 0 Å². The summed E-state index contributed by atoms with van der Waals surface area (Å²) in [5, 5.41) is 7.66. The molecule has 1 fully saturated rings. The quantitative estimate of drug-likeness (QED) is 0.567. The first kappa shape index (κ1) is 7.76. The summed E-state index contributed by atoms with van der Waals surface area (Å²) in [4.78, 5) is 0. The van der Waals surface area contributed by atoms with E-state index in [0.717, 1.165) is 19.6 Å². The number of nitrogens with zero attached hydrogens (tertiary/aromatic N) is 1. The molecule has 2 heteroatoms. The van der Waals surface area contributed by atoms with Crippen molar-refractivity contribution in [2.75, 3.05) is 19.6 Å². The molecule has 1 saturated heterocycles. The third-order valence-electron chi connectivity index (χ3n) is 1.82. The Labute approximate surface area is 62.7 Å². The van der Waals surface area contributed by atoms with Gasteiger partial charge in [0.05, 0.1) is 0 Å². The largest absolute Gasteiger partial charge is 0.310 e. The minimum Gasteiger partial charge on any atom is -0.310 e. The van der Waals surface area contributed by atoms with Crippen LogP contribution in [0.2, 0.25) is 0 Å². The molecule has 1 N–H and O–H groups in total. The summed E-state index contributed by atoms with van der Waals surface area (Å²) in [7, 11) is 0. The third-order valence-corrected chi connectivity index (χ3v) is 1.82. The fourth-order valence-electron chi connectivity index (χ4n) is 1.20. The molecule has 0 aromatic rings. The maximum atomic E-state index is 4.27. The van der Waals surface area contributed by atoms with Crippen LogP contribution in [0, 0.1) is 0 Å². The fourth-order valence-corrected chi connectivity index (χ4v) is 1.20. The van der Waals surface area contributed by atoms with Gasteiger partial charge in [0.15, 0.2) is 0 Å². The van der Waals surface area contributed by atoms with E-state index in [1.165, 1.54) is 12.8 Å². The predicted octanol–water partition coefficient (Wildman–Crippen LogP) is 0.529. The second-order valence-electron chi connectivity index (χ2n) is 2.64. The van der Waals surface area contributed by atoms with E-state index in [0.29, 0.717) is 6.04 Å². The molecule has 0 unspecified atom stereocenters. The maximum absolute atomic E-state index is 4.27. The van der Waals surface area contributed by atoms with Gasteiger partial charge in [0.2, 0.25) is 0 Å². The van der Waals surface area contributed by atoms with Crippen LogP contribution < -0.4 is 10.6 Å². The lowest BCUT2D eigenvalue weighted by Gasteiger charge is -2.21. The van der Waals surface area contributed by atoms with Crippen LogP contribution in [0.1, 0.15) is 12.8 Å². The van der Waals surface area contributed by atoms with E-state index in [9.17, 15) is 0 Å². The van der Waals surface area contributed by atoms with Crippen molar-refractivity contribution in [2.24, 2.45) is 0 Å². The van der Waals surface area contributed by atoms with Crippen molar-refractivity contribution in [2.45, 2.75) is 18.9 Å².